The van der Waals surface area contributed by atoms with Crippen LogP contribution in [0.5, 0.6) is 0 Å². The number of hydrogen-bond acceptors (Lipinski definition) is 8. The van der Waals surface area contributed by atoms with Crippen molar-refractivity contribution in [3.8, 4) is 23.0 Å². The zero-order valence-corrected chi connectivity index (χ0v) is 22.7. The van der Waals surface area contributed by atoms with Crippen molar-refractivity contribution in [2.24, 2.45) is 11.8 Å². The minimum absolute atomic E-state index is 0.0587. The molecule has 1 N–H and O–H groups in total. The van der Waals surface area contributed by atoms with E-state index in [1.807, 2.05) is 4.57 Å². The Bertz CT molecular complexity index is 1720. The van der Waals surface area contributed by atoms with Gasteiger partial charge in [-0.15, -0.1) is 5.10 Å². The topological polar surface area (TPSA) is 125 Å². The average molecular weight is 564 g/mol. The summed E-state index contributed by atoms with van der Waals surface area (Å²) in [6, 6.07) is 8.23. The highest BCUT2D eigenvalue weighted by molar-refractivity contribution is 6.30. The number of aromatic nitrogens is 7. The maximum absolute atomic E-state index is 15.1. The van der Waals surface area contributed by atoms with Gasteiger partial charge in [-0.3, -0.25) is 4.98 Å². The van der Waals surface area contributed by atoms with Crippen molar-refractivity contribution >= 4 is 22.8 Å². The Balaban J connectivity index is 1.62. The van der Waals surface area contributed by atoms with E-state index in [0.717, 1.165) is 25.7 Å². The van der Waals surface area contributed by atoms with E-state index in [0.29, 0.717) is 57.2 Å². The smallest absolute Gasteiger partial charge is 0.384 e. The highest BCUT2D eigenvalue weighted by Gasteiger charge is 2.30. The van der Waals surface area contributed by atoms with E-state index in [-0.39, 0.29) is 11.7 Å². The molecule has 0 bridgehead atoms. The molecular formula is C28H27ClFN7O3. The molecule has 1 aromatic carbocycles. The molecule has 1 atom stereocenters. The Morgan fingerprint density at radius 2 is 1.98 bits per heavy atom. The number of pyridine rings is 1. The van der Waals surface area contributed by atoms with Gasteiger partial charge in [0.1, 0.15) is 29.0 Å². The van der Waals surface area contributed by atoms with E-state index >= 15 is 4.39 Å². The number of nitrogens with zero attached hydrogens (tertiary/aromatic N) is 6. The number of methoxy groups -OCH3 is 1. The third kappa shape index (κ3) is 5.02. The maximum atomic E-state index is 15.1. The first-order chi connectivity index (χ1) is 19.4. The molecule has 4 heterocycles. The number of ether oxygens (including phenoxy) is 1. The number of rotatable bonds is 7. The summed E-state index contributed by atoms with van der Waals surface area (Å²) in [7, 11) is 1.53. The lowest BCUT2D eigenvalue weighted by Gasteiger charge is -2.28. The number of H-pyrrole nitrogens is 1. The molecule has 206 valence electrons. The van der Waals surface area contributed by atoms with Gasteiger partial charge in [0.05, 0.1) is 5.02 Å². The molecule has 0 radical (unpaired) electrons. The molecule has 1 unspecified atom stereocenters. The molecule has 1 aliphatic rings. The number of imidazole rings is 1. The Kier molecular flexibility index (Phi) is 7.16. The summed E-state index contributed by atoms with van der Waals surface area (Å²) in [5.74, 6) is 0.390. The van der Waals surface area contributed by atoms with Crippen LogP contribution in [0.25, 0.3) is 34.1 Å². The minimum Gasteiger partial charge on any atom is -0.384 e. The van der Waals surface area contributed by atoms with Crippen molar-refractivity contribution in [1.82, 2.24) is 34.7 Å². The van der Waals surface area contributed by atoms with Crippen LogP contribution in [0.3, 0.4) is 0 Å². The lowest BCUT2D eigenvalue weighted by atomic mass is 9.83. The quantitative estimate of drug-likeness (QED) is 0.272. The number of aromatic amines is 1. The van der Waals surface area contributed by atoms with Crippen LogP contribution in [0.1, 0.15) is 50.1 Å². The summed E-state index contributed by atoms with van der Waals surface area (Å²) in [5, 5.41) is 6.57. The lowest BCUT2D eigenvalue weighted by molar-refractivity contribution is 0.121. The standard InChI is InChI=1S/C28H27ClFN7O3/c1-15-7-9-16(10-8-15)14-37-22-21(17-11-18(29)13-31-12-17)32-25(27-35-36-28(38)40-27)33-24(22)34-26(37)23(39-2)19-5-3-4-6-20(19)30/h3-6,11-13,15-16,23H,7-10,14H2,1-2H3,(H,36,38). The summed E-state index contributed by atoms with van der Waals surface area (Å²) in [4.78, 5) is 30.2. The van der Waals surface area contributed by atoms with Gasteiger partial charge in [-0.25, -0.2) is 29.2 Å². The van der Waals surface area contributed by atoms with E-state index in [4.69, 9.17) is 30.7 Å². The van der Waals surface area contributed by atoms with Crippen LogP contribution in [-0.4, -0.2) is 41.8 Å². The predicted octanol–water partition coefficient (Wildman–Crippen LogP) is 5.59. The van der Waals surface area contributed by atoms with E-state index in [1.165, 1.54) is 19.4 Å². The lowest BCUT2D eigenvalue weighted by Crippen LogP contribution is -2.21. The summed E-state index contributed by atoms with van der Waals surface area (Å²) < 4.78 is 28.1. The summed E-state index contributed by atoms with van der Waals surface area (Å²) in [6.45, 7) is 2.90. The number of hydrogen-bond donors (Lipinski definition) is 1. The van der Waals surface area contributed by atoms with Crippen molar-refractivity contribution in [2.75, 3.05) is 7.11 Å². The van der Waals surface area contributed by atoms with Crippen LogP contribution in [0, 0.1) is 17.7 Å². The van der Waals surface area contributed by atoms with Gasteiger partial charge in [-0.2, -0.15) is 0 Å². The fourth-order valence-corrected chi connectivity index (χ4v) is 5.60. The second kappa shape index (κ2) is 10.9. The monoisotopic (exact) mass is 563 g/mol. The number of benzene rings is 1. The van der Waals surface area contributed by atoms with Crippen LogP contribution in [-0.2, 0) is 11.3 Å². The summed E-state index contributed by atoms with van der Waals surface area (Å²) >= 11 is 6.32. The SMILES string of the molecule is COC(c1ccccc1F)c1nc2nc(-c3n[nH]c(=O)o3)nc(-c3cncc(Cl)c3)c2n1CC1CCC(C)CC1. The van der Waals surface area contributed by atoms with Crippen LogP contribution >= 0.6 is 11.6 Å². The number of nitrogens with one attached hydrogen (secondary N) is 1. The van der Waals surface area contributed by atoms with Gasteiger partial charge in [0, 0.05) is 37.2 Å². The largest absolute Gasteiger partial charge is 0.434 e. The van der Waals surface area contributed by atoms with Gasteiger partial charge in [0.2, 0.25) is 5.82 Å². The second-order valence-electron chi connectivity index (χ2n) is 10.2. The Labute approximate surface area is 233 Å². The summed E-state index contributed by atoms with van der Waals surface area (Å²) in [6.07, 6.45) is 6.75. The molecule has 12 heteroatoms. The van der Waals surface area contributed by atoms with Gasteiger partial charge >= 0.3 is 5.76 Å². The number of halogens is 2. The van der Waals surface area contributed by atoms with Crippen molar-refractivity contribution in [3.05, 3.63) is 75.5 Å². The van der Waals surface area contributed by atoms with Gasteiger partial charge in [0.15, 0.2) is 5.65 Å². The van der Waals surface area contributed by atoms with Crippen LogP contribution in [0.15, 0.2) is 51.9 Å². The van der Waals surface area contributed by atoms with E-state index in [1.54, 1.807) is 30.5 Å². The predicted molar refractivity (Wildman–Crippen MR) is 146 cm³/mol. The van der Waals surface area contributed by atoms with Gasteiger partial charge in [-0.05, 0) is 36.8 Å². The molecule has 0 amide bonds. The molecule has 5 aromatic rings. The minimum atomic E-state index is -0.810. The molecule has 6 rings (SSSR count). The van der Waals surface area contributed by atoms with Crippen molar-refractivity contribution in [2.45, 2.75) is 45.3 Å². The highest BCUT2D eigenvalue weighted by atomic mass is 35.5. The molecule has 0 spiro atoms. The second-order valence-corrected chi connectivity index (χ2v) is 10.7. The van der Waals surface area contributed by atoms with E-state index in [2.05, 4.69) is 27.1 Å². The maximum Gasteiger partial charge on any atom is 0.434 e. The third-order valence-electron chi connectivity index (χ3n) is 7.47. The normalized spacial score (nSPS) is 18.3. The first-order valence-electron chi connectivity index (χ1n) is 13.1. The van der Waals surface area contributed by atoms with Crippen molar-refractivity contribution in [1.29, 1.82) is 0 Å². The molecule has 4 aromatic heterocycles. The fraction of sp³-hybridized carbons (Fsp3) is 0.357. The number of fused-ring (bicyclic) bond motifs is 1. The Morgan fingerprint density at radius 1 is 1.18 bits per heavy atom. The fourth-order valence-electron chi connectivity index (χ4n) is 5.43. The van der Waals surface area contributed by atoms with Crippen LogP contribution in [0.4, 0.5) is 4.39 Å². The first kappa shape index (κ1) is 26.3. The molecule has 40 heavy (non-hydrogen) atoms. The molecule has 1 saturated carbocycles. The van der Waals surface area contributed by atoms with E-state index in [9.17, 15) is 4.79 Å². The Hall–Kier alpha value is -3.96. The van der Waals surface area contributed by atoms with Crippen molar-refractivity contribution < 1.29 is 13.5 Å². The molecule has 10 nitrogen and oxygen atoms in total. The molecular weight excluding hydrogens is 537 g/mol. The first-order valence-corrected chi connectivity index (χ1v) is 13.5. The summed E-state index contributed by atoms with van der Waals surface area (Å²) in [5.41, 5.74) is 2.40. The van der Waals surface area contributed by atoms with Crippen LogP contribution in [0.2, 0.25) is 5.02 Å². The van der Waals surface area contributed by atoms with Gasteiger partial charge in [-0.1, -0.05) is 49.6 Å². The zero-order chi connectivity index (χ0) is 27.8. The van der Waals surface area contributed by atoms with Gasteiger partial charge in [0.25, 0.3) is 5.89 Å². The van der Waals surface area contributed by atoms with E-state index < -0.39 is 17.7 Å². The molecule has 0 aliphatic heterocycles. The van der Waals surface area contributed by atoms with Crippen molar-refractivity contribution in [3.63, 3.8) is 0 Å². The van der Waals surface area contributed by atoms with Gasteiger partial charge < -0.3 is 13.7 Å². The zero-order valence-electron chi connectivity index (χ0n) is 22.0. The molecule has 0 saturated heterocycles. The average Bonchev–Trinajstić information content (AvgIpc) is 3.54. The van der Waals surface area contributed by atoms with Crippen LogP contribution < -0.4 is 5.76 Å². The molecule has 1 fully saturated rings. The Morgan fingerprint density at radius 3 is 2.67 bits per heavy atom. The highest BCUT2D eigenvalue weighted by Crippen LogP contribution is 2.37. The molecule has 1 aliphatic carbocycles. The third-order valence-corrected chi connectivity index (χ3v) is 7.68.